The molecule has 1 aromatic heterocycles. The van der Waals surface area contributed by atoms with Crippen LogP contribution in [0.15, 0.2) is 12.3 Å². The Morgan fingerprint density at radius 1 is 1.39 bits per heavy atom. The van der Waals surface area contributed by atoms with E-state index in [9.17, 15) is 0 Å². The summed E-state index contributed by atoms with van der Waals surface area (Å²) in [6.45, 7) is 0. The Balaban J connectivity index is 1.82. The number of nitrogens with one attached hydrogen (secondary N) is 1. The van der Waals surface area contributed by atoms with Gasteiger partial charge in [-0.2, -0.15) is 10.4 Å². The first-order chi connectivity index (χ1) is 8.78. The molecule has 0 aromatic carbocycles. The summed E-state index contributed by atoms with van der Waals surface area (Å²) in [7, 11) is 2.03. The average Bonchev–Trinajstić information content (AvgIpc) is 2.76. The Morgan fingerprint density at radius 3 is 2.78 bits per heavy atom. The van der Waals surface area contributed by atoms with Crippen LogP contribution < -0.4 is 10.2 Å². The number of nitrogens with zero attached hydrogens (tertiary/aromatic N) is 4. The van der Waals surface area contributed by atoms with E-state index in [0.717, 1.165) is 12.8 Å². The molecule has 94 valence electrons. The number of rotatable bonds is 2. The maximum absolute atomic E-state index is 9.13. The fourth-order valence-electron chi connectivity index (χ4n) is 3.19. The quantitative estimate of drug-likeness (QED) is 0.841. The van der Waals surface area contributed by atoms with Crippen LogP contribution in [-0.4, -0.2) is 35.4 Å². The van der Waals surface area contributed by atoms with Gasteiger partial charge in [0.2, 0.25) is 0 Å². The Morgan fingerprint density at radius 2 is 2.11 bits per heavy atom. The molecule has 3 heterocycles. The summed E-state index contributed by atoms with van der Waals surface area (Å²) >= 11 is 0. The molecule has 0 radical (unpaired) electrons. The van der Waals surface area contributed by atoms with Crippen molar-refractivity contribution in [3.8, 4) is 6.07 Å². The molecule has 3 rings (SSSR count). The van der Waals surface area contributed by atoms with Crippen molar-refractivity contribution < 1.29 is 0 Å². The van der Waals surface area contributed by atoms with E-state index in [1.807, 2.05) is 7.05 Å². The SMILES string of the molecule is CN(c1nnccc1C#N)C1CC2CCC(C1)N2. The van der Waals surface area contributed by atoms with Crippen molar-refractivity contribution in [1.29, 1.82) is 5.26 Å². The lowest BCUT2D eigenvalue weighted by Crippen LogP contribution is -2.47. The van der Waals surface area contributed by atoms with Crippen LogP contribution in [0.25, 0.3) is 0 Å². The van der Waals surface area contributed by atoms with Crippen LogP contribution in [0.5, 0.6) is 0 Å². The molecule has 0 amide bonds. The van der Waals surface area contributed by atoms with E-state index in [1.54, 1.807) is 12.3 Å². The van der Waals surface area contributed by atoms with Crippen LogP contribution in [0, 0.1) is 11.3 Å². The average molecular weight is 243 g/mol. The van der Waals surface area contributed by atoms with Crippen LogP contribution in [0.4, 0.5) is 5.82 Å². The normalized spacial score (nSPS) is 29.9. The number of aromatic nitrogens is 2. The van der Waals surface area contributed by atoms with Crippen molar-refractivity contribution in [3.05, 3.63) is 17.8 Å². The van der Waals surface area contributed by atoms with Gasteiger partial charge in [-0.15, -0.1) is 5.10 Å². The molecule has 0 spiro atoms. The van der Waals surface area contributed by atoms with Crippen molar-refractivity contribution >= 4 is 5.82 Å². The van der Waals surface area contributed by atoms with Crippen molar-refractivity contribution in [1.82, 2.24) is 15.5 Å². The van der Waals surface area contributed by atoms with Gasteiger partial charge in [-0.1, -0.05) is 0 Å². The largest absolute Gasteiger partial charge is 0.354 e. The summed E-state index contributed by atoms with van der Waals surface area (Å²) in [5.41, 5.74) is 0.610. The van der Waals surface area contributed by atoms with Crippen LogP contribution in [-0.2, 0) is 0 Å². The monoisotopic (exact) mass is 243 g/mol. The first kappa shape index (κ1) is 11.4. The molecular weight excluding hydrogens is 226 g/mol. The van der Waals surface area contributed by atoms with Gasteiger partial charge in [-0.25, -0.2) is 0 Å². The van der Waals surface area contributed by atoms with Crippen molar-refractivity contribution in [3.63, 3.8) is 0 Å². The molecule has 18 heavy (non-hydrogen) atoms. The van der Waals surface area contributed by atoms with Crippen LogP contribution in [0.3, 0.4) is 0 Å². The molecule has 2 aliphatic heterocycles. The molecular formula is C13H17N5. The number of nitriles is 1. The predicted octanol–water partition coefficient (Wildman–Crippen LogP) is 1.07. The second-order valence-electron chi connectivity index (χ2n) is 5.25. The van der Waals surface area contributed by atoms with E-state index in [4.69, 9.17) is 5.26 Å². The van der Waals surface area contributed by atoms with Gasteiger partial charge in [0.05, 0.1) is 11.8 Å². The Kier molecular flexibility index (Phi) is 2.88. The van der Waals surface area contributed by atoms with Crippen LogP contribution in [0.1, 0.15) is 31.2 Å². The van der Waals surface area contributed by atoms with E-state index < -0.39 is 0 Å². The number of piperidine rings is 1. The lowest BCUT2D eigenvalue weighted by Gasteiger charge is -2.36. The number of hydrogen-bond donors (Lipinski definition) is 1. The summed E-state index contributed by atoms with van der Waals surface area (Å²) in [5.74, 6) is 0.714. The molecule has 2 unspecified atom stereocenters. The van der Waals surface area contributed by atoms with Crippen molar-refractivity contribution in [2.45, 2.75) is 43.8 Å². The molecule has 2 atom stereocenters. The van der Waals surface area contributed by atoms with Crippen LogP contribution in [0.2, 0.25) is 0 Å². The van der Waals surface area contributed by atoms with E-state index in [0.29, 0.717) is 29.5 Å². The minimum atomic E-state index is 0.465. The molecule has 2 aliphatic rings. The zero-order valence-corrected chi connectivity index (χ0v) is 10.5. The van der Waals surface area contributed by atoms with Crippen molar-refractivity contribution in [2.24, 2.45) is 0 Å². The van der Waals surface area contributed by atoms with Gasteiger partial charge in [0.1, 0.15) is 6.07 Å². The summed E-state index contributed by atoms with van der Waals surface area (Å²) in [4.78, 5) is 2.14. The van der Waals surface area contributed by atoms with Gasteiger partial charge in [0.15, 0.2) is 5.82 Å². The van der Waals surface area contributed by atoms with Gasteiger partial charge < -0.3 is 10.2 Å². The minimum Gasteiger partial charge on any atom is -0.354 e. The Bertz CT molecular complexity index is 469. The summed E-state index contributed by atoms with van der Waals surface area (Å²) in [5, 5.41) is 20.8. The molecule has 5 nitrogen and oxygen atoms in total. The first-order valence-electron chi connectivity index (χ1n) is 6.48. The summed E-state index contributed by atoms with van der Waals surface area (Å²) < 4.78 is 0. The molecule has 1 aromatic rings. The zero-order chi connectivity index (χ0) is 12.5. The second-order valence-corrected chi connectivity index (χ2v) is 5.25. The fourth-order valence-corrected chi connectivity index (χ4v) is 3.19. The Labute approximate surface area is 107 Å². The maximum atomic E-state index is 9.13. The highest BCUT2D eigenvalue weighted by molar-refractivity contribution is 5.52. The summed E-state index contributed by atoms with van der Waals surface area (Å²) in [6.07, 6.45) is 6.39. The highest BCUT2D eigenvalue weighted by atomic mass is 15.3. The zero-order valence-electron chi connectivity index (χ0n) is 10.5. The number of anilines is 1. The van der Waals surface area contributed by atoms with Gasteiger partial charge >= 0.3 is 0 Å². The van der Waals surface area contributed by atoms with E-state index in [2.05, 4.69) is 26.5 Å². The standard InChI is InChI=1S/C13H17N5/c1-18(13-9(8-14)4-5-15-17-13)12-6-10-2-3-11(7-12)16-10/h4-5,10-12,16H,2-3,6-7H2,1H3. The highest BCUT2D eigenvalue weighted by Gasteiger charge is 2.35. The summed E-state index contributed by atoms with van der Waals surface area (Å²) in [6, 6.07) is 5.66. The third-order valence-electron chi connectivity index (χ3n) is 4.15. The number of fused-ring (bicyclic) bond motifs is 2. The Hall–Kier alpha value is -1.67. The second kappa shape index (κ2) is 4.54. The van der Waals surface area contributed by atoms with Gasteiger partial charge in [-0.3, -0.25) is 0 Å². The maximum Gasteiger partial charge on any atom is 0.169 e. The molecule has 2 saturated heterocycles. The van der Waals surface area contributed by atoms with Crippen LogP contribution >= 0.6 is 0 Å². The fraction of sp³-hybridized carbons (Fsp3) is 0.615. The topological polar surface area (TPSA) is 64.8 Å². The molecule has 2 fully saturated rings. The third-order valence-corrected chi connectivity index (χ3v) is 4.15. The first-order valence-corrected chi connectivity index (χ1v) is 6.48. The number of hydrogen-bond acceptors (Lipinski definition) is 5. The van der Waals surface area contributed by atoms with Gasteiger partial charge in [0, 0.05) is 25.2 Å². The van der Waals surface area contributed by atoms with Gasteiger partial charge in [0.25, 0.3) is 0 Å². The smallest absolute Gasteiger partial charge is 0.169 e. The molecule has 1 N–H and O–H groups in total. The minimum absolute atomic E-state index is 0.465. The molecule has 0 aliphatic carbocycles. The van der Waals surface area contributed by atoms with E-state index in [1.165, 1.54) is 12.8 Å². The molecule has 2 bridgehead atoms. The van der Waals surface area contributed by atoms with Gasteiger partial charge in [-0.05, 0) is 31.7 Å². The van der Waals surface area contributed by atoms with E-state index >= 15 is 0 Å². The predicted molar refractivity (Wildman–Crippen MR) is 68.1 cm³/mol. The molecule has 0 saturated carbocycles. The lowest BCUT2D eigenvalue weighted by molar-refractivity contribution is 0.353. The highest BCUT2D eigenvalue weighted by Crippen LogP contribution is 2.31. The molecule has 5 heteroatoms. The third kappa shape index (κ3) is 1.93. The lowest BCUT2D eigenvalue weighted by atomic mass is 9.98. The van der Waals surface area contributed by atoms with Crippen molar-refractivity contribution in [2.75, 3.05) is 11.9 Å². The van der Waals surface area contributed by atoms with E-state index in [-0.39, 0.29) is 0 Å².